The van der Waals surface area contributed by atoms with Crippen LogP contribution in [0.5, 0.6) is 0 Å². The van der Waals surface area contributed by atoms with Crippen LogP contribution in [0.2, 0.25) is 0 Å². The van der Waals surface area contributed by atoms with Gasteiger partial charge in [0.15, 0.2) is 0 Å². The number of ether oxygens (including phenoxy) is 2. The van der Waals surface area contributed by atoms with Crippen LogP contribution >= 0.6 is 0 Å². The van der Waals surface area contributed by atoms with Crippen molar-refractivity contribution < 1.29 is 9.47 Å². The molecule has 0 radical (unpaired) electrons. The molecule has 2 unspecified atom stereocenters. The molecule has 68 valence electrons. The fraction of sp³-hybridized carbons (Fsp3) is 1.00. The molecular weight excluding hydrogens is 142 g/mol. The van der Waals surface area contributed by atoms with Gasteiger partial charge < -0.3 is 14.8 Å². The second-order valence-electron chi connectivity index (χ2n) is 2.50. The van der Waals surface area contributed by atoms with Gasteiger partial charge in [-0.25, -0.2) is 0 Å². The van der Waals surface area contributed by atoms with E-state index in [1.165, 1.54) is 0 Å². The summed E-state index contributed by atoms with van der Waals surface area (Å²) < 4.78 is 10.4. The second kappa shape index (κ2) is 6.58. The first kappa shape index (κ1) is 10.9. The van der Waals surface area contributed by atoms with Crippen molar-refractivity contribution in [2.45, 2.75) is 26.0 Å². The molecule has 0 aromatic rings. The molecule has 3 heteroatoms. The summed E-state index contributed by atoms with van der Waals surface area (Å²) in [7, 11) is 3.63. The maximum atomic E-state index is 5.27. The molecule has 0 rings (SSSR count). The van der Waals surface area contributed by atoms with Gasteiger partial charge in [-0.15, -0.1) is 0 Å². The standard InChI is InChI=1S/C8H19NO2/c1-5-11-6-8(9-3)7(2)10-4/h7-9H,5-6H2,1-4H3. The first-order valence-corrected chi connectivity index (χ1v) is 4.04. The predicted molar refractivity (Wildman–Crippen MR) is 45.8 cm³/mol. The van der Waals surface area contributed by atoms with Gasteiger partial charge in [-0.1, -0.05) is 0 Å². The summed E-state index contributed by atoms with van der Waals surface area (Å²) in [5.41, 5.74) is 0. The molecule has 0 aliphatic rings. The molecule has 0 aliphatic heterocycles. The predicted octanol–water partition coefficient (Wildman–Crippen LogP) is 0.646. The van der Waals surface area contributed by atoms with Crippen LogP contribution in [0.25, 0.3) is 0 Å². The SMILES string of the molecule is CCOCC(NC)C(C)OC. The fourth-order valence-electron chi connectivity index (χ4n) is 0.863. The molecule has 11 heavy (non-hydrogen) atoms. The van der Waals surface area contributed by atoms with Crippen molar-refractivity contribution in [3.05, 3.63) is 0 Å². The molecule has 0 bridgehead atoms. The molecule has 0 aromatic heterocycles. The zero-order chi connectivity index (χ0) is 8.69. The van der Waals surface area contributed by atoms with Gasteiger partial charge in [0, 0.05) is 13.7 Å². The van der Waals surface area contributed by atoms with Crippen LogP contribution in [-0.4, -0.2) is 39.5 Å². The number of hydrogen-bond acceptors (Lipinski definition) is 3. The summed E-state index contributed by atoms with van der Waals surface area (Å²) in [6.07, 6.45) is 0.201. The molecule has 2 atom stereocenters. The average Bonchev–Trinajstić information content (AvgIpc) is 2.05. The Morgan fingerprint density at radius 3 is 2.45 bits per heavy atom. The summed E-state index contributed by atoms with van der Waals surface area (Å²) in [5, 5.41) is 3.14. The summed E-state index contributed by atoms with van der Waals surface area (Å²) in [5.74, 6) is 0. The van der Waals surface area contributed by atoms with E-state index in [4.69, 9.17) is 9.47 Å². The minimum Gasteiger partial charge on any atom is -0.380 e. The molecule has 1 N–H and O–H groups in total. The molecule has 0 spiro atoms. The maximum Gasteiger partial charge on any atom is 0.0718 e. The molecule has 0 saturated carbocycles. The summed E-state index contributed by atoms with van der Waals surface area (Å²) >= 11 is 0. The Labute approximate surface area is 69.1 Å². The van der Waals surface area contributed by atoms with E-state index in [1.54, 1.807) is 7.11 Å². The van der Waals surface area contributed by atoms with Crippen LogP contribution in [0, 0.1) is 0 Å². The lowest BCUT2D eigenvalue weighted by Gasteiger charge is -2.21. The molecule has 0 heterocycles. The van der Waals surface area contributed by atoms with Crippen molar-refractivity contribution in [1.29, 1.82) is 0 Å². The smallest absolute Gasteiger partial charge is 0.0718 e. The number of methoxy groups -OCH3 is 1. The van der Waals surface area contributed by atoms with Gasteiger partial charge in [-0.3, -0.25) is 0 Å². The lowest BCUT2D eigenvalue weighted by Crippen LogP contribution is -2.40. The maximum absolute atomic E-state index is 5.27. The van der Waals surface area contributed by atoms with Crippen LogP contribution in [0.1, 0.15) is 13.8 Å². The quantitative estimate of drug-likeness (QED) is 0.620. The van der Waals surface area contributed by atoms with Crippen LogP contribution in [0.15, 0.2) is 0 Å². The van der Waals surface area contributed by atoms with Crippen LogP contribution in [-0.2, 0) is 9.47 Å². The van der Waals surface area contributed by atoms with Gasteiger partial charge in [0.25, 0.3) is 0 Å². The highest BCUT2D eigenvalue weighted by molar-refractivity contribution is 4.70. The number of rotatable bonds is 6. The van der Waals surface area contributed by atoms with E-state index >= 15 is 0 Å². The molecule has 0 saturated heterocycles. The summed E-state index contributed by atoms with van der Waals surface area (Å²) in [4.78, 5) is 0. The van der Waals surface area contributed by atoms with Crippen LogP contribution in [0.4, 0.5) is 0 Å². The molecular formula is C8H19NO2. The molecule has 3 nitrogen and oxygen atoms in total. The average molecular weight is 161 g/mol. The van der Waals surface area contributed by atoms with Gasteiger partial charge in [-0.05, 0) is 20.9 Å². The Hall–Kier alpha value is -0.120. The third-order valence-electron chi connectivity index (χ3n) is 1.81. The summed E-state index contributed by atoms with van der Waals surface area (Å²) in [6.45, 7) is 5.49. The highest BCUT2D eigenvalue weighted by atomic mass is 16.5. The van der Waals surface area contributed by atoms with Crippen molar-refractivity contribution in [3.63, 3.8) is 0 Å². The van der Waals surface area contributed by atoms with Gasteiger partial charge in [-0.2, -0.15) is 0 Å². The van der Waals surface area contributed by atoms with E-state index in [1.807, 2.05) is 20.9 Å². The third kappa shape index (κ3) is 4.35. The first-order valence-electron chi connectivity index (χ1n) is 4.04. The Kier molecular flexibility index (Phi) is 6.51. The number of hydrogen-bond donors (Lipinski definition) is 1. The fourth-order valence-corrected chi connectivity index (χ4v) is 0.863. The lowest BCUT2D eigenvalue weighted by molar-refractivity contribution is 0.0368. The van der Waals surface area contributed by atoms with E-state index in [9.17, 15) is 0 Å². The highest BCUT2D eigenvalue weighted by Gasteiger charge is 2.13. The van der Waals surface area contributed by atoms with E-state index in [0.717, 1.165) is 6.61 Å². The van der Waals surface area contributed by atoms with Crippen molar-refractivity contribution in [1.82, 2.24) is 5.32 Å². The van der Waals surface area contributed by atoms with Gasteiger partial charge >= 0.3 is 0 Å². The van der Waals surface area contributed by atoms with E-state index in [-0.39, 0.29) is 6.10 Å². The van der Waals surface area contributed by atoms with Crippen LogP contribution in [0.3, 0.4) is 0 Å². The molecule has 0 fully saturated rings. The van der Waals surface area contributed by atoms with Crippen molar-refractivity contribution >= 4 is 0 Å². The lowest BCUT2D eigenvalue weighted by atomic mass is 10.2. The molecule has 0 amide bonds. The van der Waals surface area contributed by atoms with E-state index in [0.29, 0.717) is 12.6 Å². The molecule has 0 aromatic carbocycles. The van der Waals surface area contributed by atoms with Gasteiger partial charge in [0.05, 0.1) is 18.8 Å². The van der Waals surface area contributed by atoms with Crippen LogP contribution < -0.4 is 5.32 Å². The zero-order valence-corrected chi connectivity index (χ0v) is 7.89. The topological polar surface area (TPSA) is 30.5 Å². The zero-order valence-electron chi connectivity index (χ0n) is 7.89. The number of likely N-dealkylation sites (N-methyl/N-ethyl adjacent to an activating group) is 1. The Morgan fingerprint density at radius 1 is 1.45 bits per heavy atom. The highest BCUT2D eigenvalue weighted by Crippen LogP contribution is 1.97. The van der Waals surface area contributed by atoms with Gasteiger partial charge in [0.1, 0.15) is 0 Å². The van der Waals surface area contributed by atoms with Crippen molar-refractivity contribution in [2.75, 3.05) is 27.4 Å². The third-order valence-corrected chi connectivity index (χ3v) is 1.81. The Morgan fingerprint density at radius 2 is 2.09 bits per heavy atom. The Balaban J connectivity index is 3.56. The van der Waals surface area contributed by atoms with Gasteiger partial charge in [0.2, 0.25) is 0 Å². The Bertz CT molecular complexity index is 88.2. The second-order valence-corrected chi connectivity index (χ2v) is 2.50. The normalized spacial score (nSPS) is 16.4. The van der Waals surface area contributed by atoms with E-state index < -0.39 is 0 Å². The molecule has 0 aliphatic carbocycles. The minimum atomic E-state index is 0.201. The number of nitrogens with one attached hydrogen (secondary N) is 1. The monoisotopic (exact) mass is 161 g/mol. The minimum absolute atomic E-state index is 0.201. The van der Waals surface area contributed by atoms with Crippen molar-refractivity contribution in [2.24, 2.45) is 0 Å². The summed E-state index contributed by atoms with van der Waals surface area (Å²) in [6, 6.07) is 0.292. The first-order chi connectivity index (χ1) is 5.26. The largest absolute Gasteiger partial charge is 0.380 e. The van der Waals surface area contributed by atoms with Crippen molar-refractivity contribution in [3.8, 4) is 0 Å². The van der Waals surface area contributed by atoms with E-state index in [2.05, 4.69) is 5.32 Å².